The van der Waals surface area contributed by atoms with Crippen LogP contribution >= 0.6 is 0 Å². The number of nitro benzene ring substituents is 1. The van der Waals surface area contributed by atoms with E-state index in [2.05, 4.69) is 10.3 Å². The van der Waals surface area contributed by atoms with Gasteiger partial charge in [-0.2, -0.15) is 0 Å². The molecule has 27 heavy (non-hydrogen) atoms. The molecular formula is C20H17N3O4. The summed E-state index contributed by atoms with van der Waals surface area (Å²) in [5, 5.41) is 14.7. The van der Waals surface area contributed by atoms with Crippen molar-refractivity contribution < 1.29 is 14.5 Å². The third-order valence-electron chi connectivity index (χ3n) is 4.59. The third kappa shape index (κ3) is 3.50. The van der Waals surface area contributed by atoms with Crippen molar-refractivity contribution in [3.8, 4) is 17.0 Å². The first kappa shape index (κ1) is 17.1. The number of carbonyl (C=O) groups is 1. The van der Waals surface area contributed by atoms with Crippen LogP contribution < -0.4 is 10.1 Å². The van der Waals surface area contributed by atoms with Crippen molar-refractivity contribution in [1.82, 2.24) is 10.3 Å². The zero-order valence-electron chi connectivity index (χ0n) is 14.4. The molecule has 1 aliphatic heterocycles. The van der Waals surface area contributed by atoms with E-state index in [0.29, 0.717) is 23.0 Å². The molecule has 1 fully saturated rings. The normalized spacial score (nSPS) is 16.4. The van der Waals surface area contributed by atoms with Crippen molar-refractivity contribution in [1.29, 1.82) is 0 Å². The fraction of sp³-hybridized carbons (Fsp3) is 0.200. The van der Waals surface area contributed by atoms with Crippen LogP contribution in [0.25, 0.3) is 22.2 Å². The molecule has 0 bridgehead atoms. The molecule has 1 saturated heterocycles. The molecule has 3 aromatic rings. The molecule has 7 nitrogen and oxygen atoms in total. The molecule has 1 aliphatic rings. The third-order valence-corrected chi connectivity index (χ3v) is 4.59. The number of pyridine rings is 1. The Bertz CT molecular complexity index is 1010. The molecule has 0 saturated carbocycles. The molecule has 7 heteroatoms. The summed E-state index contributed by atoms with van der Waals surface area (Å²) in [5.41, 5.74) is 1.96. The fourth-order valence-electron chi connectivity index (χ4n) is 3.20. The number of hydrogen-bond donors (Lipinski definition) is 1. The number of carbonyl (C=O) groups excluding carboxylic acids is 1. The van der Waals surface area contributed by atoms with Crippen molar-refractivity contribution >= 4 is 22.6 Å². The van der Waals surface area contributed by atoms with E-state index >= 15 is 0 Å². The number of esters is 1. The molecule has 1 N–H and O–H groups in total. The monoisotopic (exact) mass is 363 g/mol. The number of fused-ring (bicyclic) bond motifs is 1. The minimum Gasteiger partial charge on any atom is -0.425 e. The molecule has 0 unspecified atom stereocenters. The molecule has 0 amide bonds. The zero-order valence-corrected chi connectivity index (χ0v) is 14.4. The predicted molar refractivity (Wildman–Crippen MR) is 100 cm³/mol. The van der Waals surface area contributed by atoms with Gasteiger partial charge < -0.3 is 10.1 Å². The van der Waals surface area contributed by atoms with E-state index in [1.165, 1.54) is 12.1 Å². The summed E-state index contributed by atoms with van der Waals surface area (Å²) < 4.78 is 5.64. The highest BCUT2D eigenvalue weighted by atomic mass is 16.6. The number of aromatic nitrogens is 1. The first-order valence-electron chi connectivity index (χ1n) is 8.71. The lowest BCUT2D eigenvalue weighted by Gasteiger charge is -2.13. The van der Waals surface area contributed by atoms with Crippen molar-refractivity contribution in [3.63, 3.8) is 0 Å². The number of ether oxygens (including phenoxy) is 1. The van der Waals surface area contributed by atoms with Crippen LogP contribution in [0.2, 0.25) is 0 Å². The van der Waals surface area contributed by atoms with Gasteiger partial charge in [-0.25, -0.2) is 9.78 Å². The van der Waals surface area contributed by atoms with E-state index in [9.17, 15) is 14.9 Å². The van der Waals surface area contributed by atoms with Gasteiger partial charge in [-0.05, 0) is 25.5 Å². The molecule has 2 heterocycles. The van der Waals surface area contributed by atoms with Crippen molar-refractivity contribution in [2.75, 3.05) is 6.54 Å². The number of hydrogen-bond acceptors (Lipinski definition) is 6. The molecule has 2 aromatic carbocycles. The van der Waals surface area contributed by atoms with Crippen LogP contribution in [0.1, 0.15) is 12.8 Å². The first-order valence-corrected chi connectivity index (χ1v) is 8.71. The Morgan fingerprint density at radius 2 is 2.00 bits per heavy atom. The highest BCUT2D eigenvalue weighted by Gasteiger charge is 2.25. The van der Waals surface area contributed by atoms with E-state index in [1.54, 1.807) is 12.1 Å². The molecule has 0 radical (unpaired) electrons. The van der Waals surface area contributed by atoms with Crippen LogP contribution in [0.4, 0.5) is 5.69 Å². The van der Waals surface area contributed by atoms with Crippen LogP contribution in [-0.2, 0) is 4.79 Å². The van der Waals surface area contributed by atoms with E-state index < -0.39 is 4.92 Å². The van der Waals surface area contributed by atoms with Crippen molar-refractivity contribution in [2.45, 2.75) is 18.9 Å². The summed E-state index contributed by atoms with van der Waals surface area (Å²) in [6.07, 6.45) is 1.63. The average Bonchev–Trinajstić information content (AvgIpc) is 3.23. The summed E-state index contributed by atoms with van der Waals surface area (Å²) >= 11 is 0. The van der Waals surface area contributed by atoms with Crippen LogP contribution in [0, 0.1) is 10.1 Å². The predicted octanol–water partition coefficient (Wildman–Crippen LogP) is 3.47. The molecule has 1 aromatic heterocycles. The van der Waals surface area contributed by atoms with Gasteiger partial charge in [0.15, 0.2) is 0 Å². The highest BCUT2D eigenvalue weighted by molar-refractivity contribution is 5.92. The lowest BCUT2D eigenvalue weighted by Crippen LogP contribution is -2.34. The Morgan fingerprint density at radius 3 is 2.70 bits per heavy atom. The number of benzene rings is 2. The quantitative estimate of drug-likeness (QED) is 0.433. The Labute approximate surface area is 155 Å². The number of nitrogens with zero attached hydrogens (tertiary/aromatic N) is 2. The van der Waals surface area contributed by atoms with E-state index in [1.807, 2.05) is 30.3 Å². The number of nitro groups is 1. The summed E-state index contributed by atoms with van der Waals surface area (Å²) in [6, 6.07) is 15.2. The molecular weight excluding hydrogens is 346 g/mol. The minimum absolute atomic E-state index is 0.0759. The topological polar surface area (TPSA) is 94.4 Å². The van der Waals surface area contributed by atoms with Gasteiger partial charge in [0.2, 0.25) is 0 Å². The Balaban J connectivity index is 1.82. The van der Waals surface area contributed by atoms with Gasteiger partial charge in [0, 0.05) is 29.1 Å². The Morgan fingerprint density at radius 1 is 1.19 bits per heavy atom. The van der Waals surface area contributed by atoms with Gasteiger partial charge >= 0.3 is 5.97 Å². The highest BCUT2D eigenvalue weighted by Crippen LogP contribution is 2.33. The molecule has 1 atom stereocenters. The second kappa shape index (κ2) is 7.13. The second-order valence-corrected chi connectivity index (χ2v) is 6.40. The van der Waals surface area contributed by atoms with Crippen LogP contribution in [0.15, 0.2) is 54.6 Å². The second-order valence-electron chi connectivity index (χ2n) is 6.40. The summed E-state index contributed by atoms with van der Waals surface area (Å²) in [7, 11) is 0. The van der Waals surface area contributed by atoms with Gasteiger partial charge in [0.1, 0.15) is 11.8 Å². The maximum Gasteiger partial charge on any atom is 0.328 e. The Hall–Kier alpha value is -3.32. The van der Waals surface area contributed by atoms with Gasteiger partial charge in [-0.3, -0.25) is 10.1 Å². The minimum atomic E-state index is -0.478. The van der Waals surface area contributed by atoms with Gasteiger partial charge in [-0.15, -0.1) is 0 Å². The lowest BCUT2D eigenvalue weighted by molar-refractivity contribution is -0.384. The van der Waals surface area contributed by atoms with Crippen molar-refractivity contribution in [2.24, 2.45) is 0 Å². The summed E-state index contributed by atoms with van der Waals surface area (Å²) in [4.78, 5) is 27.7. The maximum absolute atomic E-state index is 12.5. The lowest BCUT2D eigenvalue weighted by atomic mass is 10.1. The van der Waals surface area contributed by atoms with E-state index in [-0.39, 0.29) is 23.4 Å². The molecule has 136 valence electrons. The van der Waals surface area contributed by atoms with Gasteiger partial charge in [0.25, 0.3) is 5.69 Å². The fourth-order valence-corrected chi connectivity index (χ4v) is 3.20. The van der Waals surface area contributed by atoms with Gasteiger partial charge in [-0.1, -0.05) is 30.3 Å². The number of non-ortho nitro benzene ring substituents is 1. The molecule has 0 aliphatic carbocycles. The SMILES string of the molecule is O=C(Oc1cc(-c2ccccc2)nc2ccc([N+](=O)[O-])cc12)[C@@H]1CCCN1. The standard InChI is InChI=1S/C20H17N3O4/c24-20(17-7-4-10-21-17)27-19-12-18(13-5-2-1-3-6-13)22-16-9-8-14(23(25)26)11-15(16)19/h1-3,5-6,8-9,11-12,17,21H,4,7,10H2/t17-/m0/s1. The van der Waals surface area contributed by atoms with Crippen LogP contribution in [-0.4, -0.2) is 28.5 Å². The summed E-state index contributed by atoms with van der Waals surface area (Å²) in [6.45, 7) is 0.775. The average molecular weight is 363 g/mol. The van der Waals surface area contributed by atoms with Gasteiger partial charge in [0.05, 0.1) is 16.1 Å². The Kier molecular flexibility index (Phi) is 4.52. The largest absolute Gasteiger partial charge is 0.425 e. The van der Waals surface area contributed by atoms with Crippen LogP contribution in [0.5, 0.6) is 5.75 Å². The summed E-state index contributed by atoms with van der Waals surface area (Å²) in [5.74, 6) is -0.105. The number of rotatable bonds is 4. The zero-order chi connectivity index (χ0) is 18.8. The molecule has 0 spiro atoms. The van der Waals surface area contributed by atoms with E-state index in [4.69, 9.17) is 4.74 Å². The number of nitrogens with one attached hydrogen (secondary N) is 1. The molecule has 4 rings (SSSR count). The first-order chi connectivity index (χ1) is 13.1. The maximum atomic E-state index is 12.5. The smallest absolute Gasteiger partial charge is 0.328 e. The van der Waals surface area contributed by atoms with E-state index in [0.717, 1.165) is 18.5 Å². The van der Waals surface area contributed by atoms with Crippen molar-refractivity contribution in [3.05, 3.63) is 64.7 Å². The van der Waals surface area contributed by atoms with Crippen LogP contribution in [0.3, 0.4) is 0 Å².